The van der Waals surface area contributed by atoms with E-state index in [0.29, 0.717) is 10.9 Å². The Balaban J connectivity index is 2.80. The van der Waals surface area contributed by atoms with E-state index in [1.54, 1.807) is 24.3 Å². The van der Waals surface area contributed by atoms with E-state index in [-0.39, 0.29) is 23.8 Å². The Bertz CT molecular complexity index is 697. The molecule has 1 amide bonds. The standard InChI is InChI=1S/C14H13N3O3/c1-3-8-17(9(2)18)13-10-6-4-5-7-11(10)15-16-12(13)14(19)20/h3-7H,1,8H2,2H3,(H,19,20). The predicted molar refractivity (Wildman–Crippen MR) is 74.7 cm³/mol. The van der Waals surface area contributed by atoms with Gasteiger partial charge in [-0.3, -0.25) is 4.79 Å². The van der Waals surface area contributed by atoms with Gasteiger partial charge in [0.1, 0.15) is 0 Å². The van der Waals surface area contributed by atoms with Crippen molar-refractivity contribution in [3.63, 3.8) is 0 Å². The molecule has 0 unspecified atom stereocenters. The van der Waals surface area contributed by atoms with Crippen LogP contribution in [0.1, 0.15) is 17.4 Å². The SMILES string of the molecule is C=CCN(C(C)=O)c1c(C(=O)O)nnc2ccccc12. The minimum atomic E-state index is -1.23. The fourth-order valence-electron chi connectivity index (χ4n) is 1.96. The Morgan fingerprint density at radius 3 is 2.65 bits per heavy atom. The monoisotopic (exact) mass is 271 g/mol. The second kappa shape index (κ2) is 5.48. The molecule has 0 saturated heterocycles. The van der Waals surface area contributed by atoms with E-state index in [1.165, 1.54) is 17.9 Å². The van der Waals surface area contributed by atoms with Gasteiger partial charge in [0.15, 0.2) is 5.69 Å². The molecule has 2 rings (SSSR count). The van der Waals surface area contributed by atoms with Crippen LogP contribution in [0.2, 0.25) is 0 Å². The molecule has 2 aromatic rings. The van der Waals surface area contributed by atoms with E-state index >= 15 is 0 Å². The number of fused-ring (bicyclic) bond motifs is 1. The molecule has 20 heavy (non-hydrogen) atoms. The van der Waals surface area contributed by atoms with E-state index in [1.807, 2.05) is 0 Å². The number of carboxylic acids is 1. The predicted octanol–water partition coefficient (Wildman–Crippen LogP) is 1.87. The molecule has 6 nitrogen and oxygen atoms in total. The number of amides is 1. The first-order valence-corrected chi connectivity index (χ1v) is 5.94. The number of aromatic carboxylic acids is 1. The third-order valence-corrected chi connectivity index (χ3v) is 2.81. The van der Waals surface area contributed by atoms with Gasteiger partial charge in [-0.25, -0.2) is 4.79 Å². The third kappa shape index (κ3) is 2.35. The smallest absolute Gasteiger partial charge is 0.358 e. The number of carbonyl (C=O) groups is 2. The molecule has 0 bridgehead atoms. The summed E-state index contributed by atoms with van der Waals surface area (Å²) in [4.78, 5) is 24.4. The van der Waals surface area contributed by atoms with Crippen LogP contribution in [-0.4, -0.2) is 33.7 Å². The Morgan fingerprint density at radius 2 is 2.05 bits per heavy atom. The van der Waals surface area contributed by atoms with Crippen LogP contribution in [0.3, 0.4) is 0 Å². The minimum Gasteiger partial charge on any atom is -0.476 e. The summed E-state index contributed by atoms with van der Waals surface area (Å²) in [5, 5.41) is 17.4. The highest BCUT2D eigenvalue weighted by atomic mass is 16.4. The summed E-state index contributed by atoms with van der Waals surface area (Å²) < 4.78 is 0. The molecule has 1 heterocycles. The quantitative estimate of drug-likeness (QED) is 0.858. The van der Waals surface area contributed by atoms with Crippen molar-refractivity contribution in [3.05, 3.63) is 42.6 Å². The number of carbonyl (C=O) groups excluding carboxylic acids is 1. The van der Waals surface area contributed by atoms with Crippen molar-refractivity contribution in [2.75, 3.05) is 11.4 Å². The molecule has 1 N–H and O–H groups in total. The Labute approximate surface area is 115 Å². The molecular weight excluding hydrogens is 258 g/mol. The molecule has 0 atom stereocenters. The molecule has 0 saturated carbocycles. The average molecular weight is 271 g/mol. The highest BCUT2D eigenvalue weighted by Crippen LogP contribution is 2.28. The molecule has 0 radical (unpaired) electrons. The number of carboxylic acid groups (broad SMARTS) is 1. The van der Waals surface area contributed by atoms with Gasteiger partial charge >= 0.3 is 5.97 Å². The lowest BCUT2D eigenvalue weighted by atomic mass is 10.1. The number of rotatable bonds is 4. The first kappa shape index (κ1) is 13.7. The van der Waals surface area contributed by atoms with Crippen LogP contribution < -0.4 is 4.90 Å². The zero-order valence-corrected chi connectivity index (χ0v) is 10.9. The Morgan fingerprint density at radius 1 is 1.35 bits per heavy atom. The number of benzene rings is 1. The van der Waals surface area contributed by atoms with E-state index in [9.17, 15) is 14.7 Å². The first-order chi connectivity index (χ1) is 9.56. The second-order valence-corrected chi connectivity index (χ2v) is 4.14. The van der Waals surface area contributed by atoms with Crippen molar-refractivity contribution in [2.24, 2.45) is 0 Å². The number of hydrogen-bond acceptors (Lipinski definition) is 4. The van der Waals surface area contributed by atoms with E-state index < -0.39 is 5.97 Å². The second-order valence-electron chi connectivity index (χ2n) is 4.14. The summed E-state index contributed by atoms with van der Waals surface area (Å²) in [6.45, 7) is 5.15. The maximum absolute atomic E-state index is 11.8. The van der Waals surface area contributed by atoms with Crippen LogP contribution in [0.4, 0.5) is 5.69 Å². The largest absolute Gasteiger partial charge is 0.476 e. The number of hydrogen-bond donors (Lipinski definition) is 1. The Hall–Kier alpha value is -2.76. The number of aromatic nitrogens is 2. The van der Waals surface area contributed by atoms with Crippen LogP contribution in [0.25, 0.3) is 10.9 Å². The summed E-state index contributed by atoms with van der Waals surface area (Å²) >= 11 is 0. The molecule has 102 valence electrons. The van der Waals surface area contributed by atoms with E-state index in [0.717, 1.165) is 0 Å². The maximum Gasteiger partial charge on any atom is 0.358 e. The molecule has 0 aliphatic carbocycles. The maximum atomic E-state index is 11.8. The van der Waals surface area contributed by atoms with Gasteiger partial charge in [0, 0.05) is 18.9 Å². The van der Waals surface area contributed by atoms with E-state index in [4.69, 9.17) is 0 Å². The summed E-state index contributed by atoms with van der Waals surface area (Å²) in [7, 11) is 0. The summed E-state index contributed by atoms with van der Waals surface area (Å²) in [5.41, 5.74) is 0.527. The van der Waals surface area contributed by atoms with Gasteiger partial charge in [0.25, 0.3) is 0 Å². The summed E-state index contributed by atoms with van der Waals surface area (Å²) in [6, 6.07) is 6.95. The normalized spacial score (nSPS) is 10.2. The van der Waals surface area contributed by atoms with Crippen molar-refractivity contribution in [1.82, 2.24) is 10.2 Å². The van der Waals surface area contributed by atoms with Gasteiger partial charge < -0.3 is 10.0 Å². The van der Waals surface area contributed by atoms with Crippen molar-refractivity contribution in [3.8, 4) is 0 Å². The van der Waals surface area contributed by atoms with E-state index in [2.05, 4.69) is 16.8 Å². The molecule has 0 fully saturated rings. The average Bonchev–Trinajstić information content (AvgIpc) is 2.43. The van der Waals surface area contributed by atoms with Crippen molar-refractivity contribution in [2.45, 2.75) is 6.92 Å². The molecule has 1 aromatic carbocycles. The molecular formula is C14H13N3O3. The summed E-state index contributed by atoms with van der Waals surface area (Å²) in [5.74, 6) is -1.51. The molecule has 0 aliphatic heterocycles. The topological polar surface area (TPSA) is 83.4 Å². The minimum absolute atomic E-state index is 0.200. The van der Waals surface area contributed by atoms with Crippen molar-refractivity contribution < 1.29 is 14.7 Å². The van der Waals surface area contributed by atoms with Gasteiger partial charge in [0.2, 0.25) is 5.91 Å². The lowest BCUT2D eigenvalue weighted by Gasteiger charge is -2.22. The van der Waals surface area contributed by atoms with Crippen LogP contribution in [0.15, 0.2) is 36.9 Å². The number of nitrogens with zero attached hydrogens (tertiary/aromatic N) is 3. The summed E-state index contributed by atoms with van der Waals surface area (Å²) in [6.07, 6.45) is 1.53. The van der Waals surface area contributed by atoms with Crippen LogP contribution in [0, 0.1) is 0 Å². The number of anilines is 1. The van der Waals surface area contributed by atoms with Gasteiger partial charge in [-0.2, -0.15) is 0 Å². The molecule has 0 aliphatic rings. The zero-order chi connectivity index (χ0) is 14.7. The van der Waals surface area contributed by atoms with Crippen LogP contribution in [-0.2, 0) is 4.79 Å². The molecule has 1 aromatic heterocycles. The van der Waals surface area contributed by atoms with Gasteiger partial charge in [-0.1, -0.05) is 24.3 Å². The fraction of sp³-hybridized carbons (Fsp3) is 0.143. The third-order valence-electron chi connectivity index (χ3n) is 2.81. The van der Waals surface area contributed by atoms with Crippen LogP contribution >= 0.6 is 0 Å². The van der Waals surface area contributed by atoms with Crippen LogP contribution in [0.5, 0.6) is 0 Å². The lowest BCUT2D eigenvalue weighted by Crippen LogP contribution is -2.31. The Kier molecular flexibility index (Phi) is 3.74. The lowest BCUT2D eigenvalue weighted by molar-refractivity contribution is -0.116. The highest BCUT2D eigenvalue weighted by molar-refractivity contribution is 6.09. The fourth-order valence-corrected chi connectivity index (χ4v) is 1.96. The van der Waals surface area contributed by atoms with Gasteiger partial charge in [0.05, 0.1) is 11.2 Å². The van der Waals surface area contributed by atoms with Crippen molar-refractivity contribution >= 4 is 28.5 Å². The van der Waals surface area contributed by atoms with Crippen molar-refractivity contribution in [1.29, 1.82) is 0 Å². The van der Waals surface area contributed by atoms with Gasteiger partial charge in [-0.15, -0.1) is 16.8 Å². The first-order valence-electron chi connectivity index (χ1n) is 5.94. The molecule has 0 spiro atoms. The molecule has 6 heteroatoms. The van der Waals surface area contributed by atoms with Gasteiger partial charge in [-0.05, 0) is 6.07 Å². The zero-order valence-electron chi connectivity index (χ0n) is 10.9. The highest BCUT2D eigenvalue weighted by Gasteiger charge is 2.23.